The molecule has 0 fully saturated rings. The minimum Gasteiger partial charge on any atom is -0.545 e. The van der Waals surface area contributed by atoms with Gasteiger partial charge in [-0.1, -0.05) is 6.92 Å². The molecule has 0 aliphatic carbocycles. The molecule has 1 aromatic carbocycles. The van der Waals surface area contributed by atoms with Gasteiger partial charge in [-0.15, -0.1) is 0 Å². The van der Waals surface area contributed by atoms with Crippen molar-refractivity contribution in [2.24, 2.45) is 0 Å². The van der Waals surface area contributed by atoms with E-state index in [2.05, 4.69) is 0 Å². The fourth-order valence-corrected chi connectivity index (χ4v) is 0.994. The Labute approximate surface area is 110 Å². The molecule has 0 amide bonds. The van der Waals surface area contributed by atoms with Gasteiger partial charge in [-0.05, 0) is 18.6 Å². The third kappa shape index (κ3) is 4.11. The Morgan fingerprint density at radius 1 is 1.53 bits per heavy atom. The first kappa shape index (κ1) is 14.3. The molecule has 0 aliphatic rings. The van der Waals surface area contributed by atoms with Crippen LogP contribution in [0.2, 0.25) is 0 Å². The summed E-state index contributed by atoms with van der Waals surface area (Å²) in [7, 11) is 0. The second-order valence-electron chi connectivity index (χ2n) is 2.81. The van der Waals surface area contributed by atoms with Crippen LogP contribution in [-0.4, -0.2) is 17.7 Å². The molecule has 0 atom stereocenters. The van der Waals surface area contributed by atoms with Crippen molar-refractivity contribution in [3.8, 4) is 11.5 Å². The van der Waals surface area contributed by atoms with E-state index in [1.807, 2.05) is 6.92 Å². The van der Waals surface area contributed by atoms with E-state index < -0.39 is 5.97 Å². The fraction of sp³-hybridized carbons (Fsp3) is 0.300. The topological polar surface area (TPSA) is 69.6 Å². The first-order valence-electron chi connectivity index (χ1n) is 4.32. The van der Waals surface area contributed by atoms with Gasteiger partial charge in [0.05, 0.1) is 12.6 Å². The van der Waals surface area contributed by atoms with Crippen LogP contribution in [0.1, 0.15) is 23.7 Å². The van der Waals surface area contributed by atoms with Gasteiger partial charge in [0.25, 0.3) is 0 Å². The molecule has 0 unspecified atom stereocenters. The summed E-state index contributed by atoms with van der Waals surface area (Å²) in [6, 6.07) is 4.01. The SMILES string of the molecule is CCCOc1ccc(C(=O)[O-])c(O)c1.[Na+]. The van der Waals surface area contributed by atoms with Crippen LogP contribution in [0.5, 0.6) is 11.5 Å². The number of aromatic carboxylic acids is 1. The average molecular weight is 218 g/mol. The minimum absolute atomic E-state index is 0. The normalized spacial score (nSPS) is 9.13. The number of aromatic hydroxyl groups is 1. The predicted octanol–water partition coefficient (Wildman–Crippen LogP) is -2.45. The van der Waals surface area contributed by atoms with E-state index in [-0.39, 0.29) is 40.9 Å². The molecule has 1 rings (SSSR count). The number of rotatable bonds is 4. The molecule has 5 heteroatoms. The summed E-state index contributed by atoms with van der Waals surface area (Å²) in [5, 5.41) is 19.7. The third-order valence-electron chi connectivity index (χ3n) is 1.66. The van der Waals surface area contributed by atoms with E-state index in [1.165, 1.54) is 18.2 Å². The Kier molecular flexibility index (Phi) is 6.40. The summed E-state index contributed by atoms with van der Waals surface area (Å²) in [6.07, 6.45) is 0.850. The van der Waals surface area contributed by atoms with Crippen molar-refractivity contribution in [3.63, 3.8) is 0 Å². The van der Waals surface area contributed by atoms with Gasteiger partial charge in [0.1, 0.15) is 11.5 Å². The van der Waals surface area contributed by atoms with Crippen molar-refractivity contribution in [1.82, 2.24) is 0 Å². The zero-order chi connectivity index (χ0) is 10.6. The second-order valence-corrected chi connectivity index (χ2v) is 2.81. The second kappa shape index (κ2) is 6.71. The molecule has 0 saturated carbocycles. The number of carboxylic acids is 1. The molecular weight excluding hydrogens is 207 g/mol. The summed E-state index contributed by atoms with van der Waals surface area (Å²) in [5.41, 5.74) is -0.228. The van der Waals surface area contributed by atoms with Crippen LogP contribution in [0, 0.1) is 0 Å². The number of hydrogen-bond acceptors (Lipinski definition) is 4. The van der Waals surface area contributed by atoms with Gasteiger partial charge in [-0.25, -0.2) is 0 Å². The molecule has 1 N–H and O–H groups in total. The minimum atomic E-state index is -1.40. The van der Waals surface area contributed by atoms with Crippen LogP contribution in [0.25, 0.3) is 0 Å². The standard InChI is InChI=1S/C10H12O4.Na/c1-2-5-14-7-3-4-8(10(12)13)9(11)6-7;/h3-4,6,11H,2,5H2,1H3,(H,12,13);/q;+1/p-1. The van der Waals surface area contributed by atoms with Crippen LogP contribution < -0.4 is 39.4 Å². The summed E-state index contributed by atoms with van der Waals surface area (Å²) < 4.78 is 5.20. The molecule has 0 heterocycles. The maximum absolute atomic E-state index is 10.4. The molecule has 0 spiro atoms. The predicted molar refractivity (Wildman–Crippen MR) is 48.2 cm³/mol. The number of ether oxygens (including phenoxy) is 1. The maximum atomic E-state index is 10.4. The first-order valence-corrected chi connectivity index (χ1v) is 4.32. The van der Waals surface area contributed by atoms with E-state index in [0.29, 0.717) is 12.4 Å². The van der Waals surface area contributed by atoms with Crippen molar-refractivity contribution < 1.29 is 49.3 Å². The molecule has 4 nitrogen and oxygen atoms in total. The molecular formula is C10H11NaO4. The maximum Gasteiger partial charge on any atom is 1.00 e. The van der Waals surface area contributed by atoms with Crippen LogP contribution in [0.3, 0.4) is 0 Å². The van der Waals surface area contributed by atoms with Crippen molar-refractivity contribution in [1.29, 1.82) is 0 Å². The Morgan fingerprint density at radius 2 is 2.20 bits per heavy atom. The largest absolute Gasteiger partial charge is 1.00 e. The molecule has 0 bridgehead atoms. The van der Waals surface area contributed by atoms with Gasteiger partial charge in [-0.2, -0.15) is 0 Å². The molecule has 0 aromatic heterocycles. The van der Waals surface area contributed by atoms with Gasteiger partial charge < -0.3 is 19.7 Å². The smallest absolute Gasteiger partial charge is 0.545 e. The zero-order valence-corrected chi connectivity index (χ0v) is 10.8. The van der Waals surface area contributed by atoms with Crippen molar-refractivity contribution in [2.75, 3.05) is 6.61 Å². The van der Waals surface area contributed by atoms with Gasteiger partial charge in [-0.3, -0.25) is 0 Å². The monoisotopic (exact) mass is 218 g/mol. The molecule has 0 aliphatic heterocycles. The summed E-state index contributed by atoms with van der Waals surface area (Å²) in [6.45, 7) is 2.49. The number of carbonyl (C=O) groups excluding carboxylic acids is 1. The molecule has 0 saturated heterocycles. The van der Waals surface area contributed by atoms with E-state index in [0.717, 1.165) is 6.42 Å². The van der Waals surface area contributed by atoms with E-state index in [1.54, 1.807) is 0 Å². The molecule has 15 heavy (non-hydrogen) atoms. The summed E-state index contributed by atoms with van der Waals surface area (Å²) in [5.74, 6) is -1.28. The van der Waals surface area contributed by atoms with Crippen LogP contribution >= 0.6 is 0 Å². The molecule has 76 valence electrons. The number of carboxylic acid groups (broad SMARTS) is 1. The Balaban J connectivity index is 0.00000196. The average Bonchev–Trinajstić information content (AvgIpc) is 2.14. The number of benzene rings is 1. The van der Waals surface area contributed by atoms with Gasteiger partial charge in [0.2, 0.25) is 0 Å². The van der Waals surface area contributed by atoms with Crippen molar-refractivity contribution >= 4 is 5.97 Å². The number of hydrogen-bond donors (Lipinski definition) is 1. The Morgan fingerprint density at radius 3 is 2.67 bits per heavy atom. The third-order valence-corrected chi connectivity index (χ3v) is 1.66. The number of phenols is 1. The van der Waals surface area contributed by atoms with Crippen molar-refractivity contribution in [2.45, 2.75) is 13.3 Å². The van der Waals surface area contributed by atoms with Gasteiger partial charge >= 0.3 is 29.6 Å². The van der Waals surface area contributed by atoms with Gasteiger partial charge in [0.15, 0.2) is 0 Å². The van der Waals surface area contributed by atoms with E-state index >= 15 is 0 Å². The van der Waals surface area contributed by atoms with E-state index in [4.69, 9.17) is 4.74 Å². The first-order chi connectivity index (χ1) is 6.65. The quantitative estimate of drug-likeness (QED) is 0.569. The Bertz CT molecular complexity index is 338. The Hall–Kier alpha value is -0.710. The fourth-order valence-electron chi connectivity index (χ4n) is 0.994. The summed E-state index contributed by atoms with van der Waals surface area (Å²) in [4.78, 5) is 10.4. The van der Waals surface area contributed by atoms with E-state index in [9.17, 15) is 15.0 Å². The van der Waals surface area contributed by atoms with Crippen LogP contribution in [0.15, 0.2) is 18.2 Å². The van der Waals surface area contributed by atoms with Crippen LogP contribution in [-0.2, 0) is 0 Å². The molecule has 1 aromatic rings. The number of carbonyl (C=O) groups is 1. The molecule has 0 radical (unpaired) electrons. The van der Waals surface area contributed by atoms with Crippen molar-refractivity contribution in [3.05, 3.63) is 23.8 Å². The van der Waals surface area contributed by atoms with Gasteiger partial charge in [0, 0.05) is 11.6 Å². The summed E-state index contributed by atoms with van der Waals surface area (Å²) >= 11 is 0. The zero-order valence-electron chi connectivity index (χ0n) is 8.82. The van der Waals surface area contributed by atoms with Crippen LogP contribution in [0.4, 0.5) is 0 Å².